The van der Waals surface area contributed by atoms with Gasteiger partial charge in [-0.15, -0.1) is 0 Å². The van der Waals surface area contributed by atoms with Crippen molar-refractivity contribution >= 4 is 30.3 Å². The van der Waals surface area contributed by atoms with Crippen LogP contribution in [0.4, 0.5) is 10.1 Å². The average molecular weight is 1010 g/mol. The summed E-state index contributed by atoms with van der Waals surface area (Å²) in [6, 6.07) is 45.8. The van der Waals surface area contributed by atoms with Gasteiger partial charge in [0.1, 0.15) is 5.82 Å². The summed E-state index contributed by atoms with van der Waals surface area (Å²) in [6.45, 7) is 19.0. The smallest absolute Gasteiger partial charge is 0.261 e. The summed E-state index contributed by atoms with van der Waals surface area (Å²) in [5, 5.41) is 15.4. The van der Waals surface area contributed by atoms with Gasteiger partial charge < -0.3 is 43.1 Å². The Kier molecular flexibility index (Phi) is 20.0. The van der Waals surface area contributed by atoms with Gasteiger partial charge in [-0.1, -0.05) is 138 Å². The lowest BCUT2D eigenvalue weighted by Crippen LogP contribution is -2.66. The molecular formula is C61H77FN2O8Si. The fourth-order valence-electron chi connectivity index (χ4n) is 10.4. The summed E-state index contributed by atoms with van der Waals surface area (Å²) >= 11 is 0. The van der Waals surface area contributed by atoms with Crippen LogP contribution < -0.4 is 15.7 Å². The average Bonchev–Trinajstić information content (AvgIpc) is 3.72. The predicted molar refractivity (Wildman–Crippen MR) is 293 cm³/mol. The van der Waals surface area contributed by atoms with E-state index in [1.165, 1.54) is 22.5 Å². The van der Waals surface area contributed by atoms with Gasteiger partial charge in [0.25, 0.3) is 14.2 Å². The molecule has 1 amide bonds. The molecular weight excluding hydrogens is 936 g/mol. The van der Waals surface area contributed by atoms with Crippen LogP contribution in [0.15, 0.2) is 140 Å². The van der Waals surface area contributed by atoms with Gasteiger partial charge in [-0.05, 0) is 114 Å². The number of hydrogen-bond donors (Lipinski definition) is 2. The normalized spacial score (nSPS) is 16.0. The van der Waals surface area contributed by atoms with Crippen molar-refractivity contribution in [1.82, 2.24) is 4.57 Å². The van der Waals surface area contributed by atoms with Crippen molar-refractivity contribution in [3.05, 3.63) is 162 Å². The monoisotopic (exact) mass is 1010 g/mol. The second-order valence-electron chi connectivity index (χ2n) is 20.7. The SMILES string of the molecule is CC(C)c1c(C(=O)Nc2ccc(CCCOCCOCCOCCO[Si](c3ccccc3)(c3ccccc3)C(C)(C)C)cc2)c(-c2ccccc2)c(-c2ccc(F)cc2)n1CC[C@@H]1C[C@H](CCO)OC(C)(C)O1. The maximum Gasteiger partial charge on any atom is 0.261 e. The number of hydrogen-bond acceptors (Lipinski definition) is 8. The first-order valence-corrected chi connectivity index (χ1v) is 28.0. The Balaban J connectivity index is 0.911. The minimum absolute atomic E-state index is 0.0350. The number of benzene rings is 5. The second-order valence-corrected chi connectivity index (χ2v) is 25.0. The van der Waals surface area contributed by atoms with Crippen LogP contribution in [0.1, 0.15) is 102 Å². The molecule has 2 atom stereocenters. The molecule has 2 heterocycles. The van der Waals surface area contributed by atoms with E-state index >= 15 is 0 Å². The molecule has 12 heteroatoms. The van der Waals surface area contributed by atoms with E-state index < -0.39 is 14.1 Å². The molecule has 1 aliphatic heterocycles. The maximum atomic E-state index is 14.8. The molecule has 0 saturated carbocycles. The van der Waals surface area contributed by atoms with Crippen LogP contribution in [0.2, 0.25) is 5.04 Å². The van der Waals surface area contributed by atoms with Gasteiger partial charge >= 0.3 is 0 Å². The third-order valence-electron chi connectivity index (χ3n) is 13.5. The van der Waals surface area contributed by atoms with Crippen molar-refractivity contribution in [3.63, 3.8) is 0 Å². The Bertz CT molecular complexity index is 2560. The molecule has 1 aromatic heterocycles. The van der Waals surface area contributed by atoms with E-state index in [2.05, 4.69) is 117 Å². The van der Waals surface area contributed by atoms with E-state index in [1.54, 1.807) is 12.1 Å². The Morgan fingerprint density at radius 2 is 1.26 bits per heavy atom. The molecule has 0 radical (unpaired) electrons. The van der Waals surface area contributed by atoms with Gasteiger partial charge in [0.05, 0.1) is 63.1 Å². The lowest BCUT2D eigenvalue weighted by Gasteiger charge is -2.43. The predicted octanol–water partition coefficient (Wildman–Crippen LogP) is 11.6. The molecule has 6 aromatic rings. The first kappa shape index (κ1) is 55.5. The van der Waals surface area contributed by atoms with Crippen LogP contribution in [0.5, 0.6) is 0 Å². The van der Waals surface area contributed by atoms with E-state index in [4.69, 9.17) is 28.1 Å². The highest BCUT2D eigenvalue weighted by Gasteiger charge is 2.50. The van der Waals surface area contributed by atoms with Gasteiger partial charge in [0, 0.05) is 43.1 Å². The van der Waals surface area contributed by atoms with Crippen molar-refractivity contribution in [2.75, 3.05) is 58.2 Å². The summed E-state index contributed by atoms with van der Waals surface area (Å²) in [5.41, 5.74) is 6.65. The summed E-state index contributed by atoms with van der Waals surface area (Å²) in [6.07, 6.45) is 3.22. The Labute approximate surface area is 434 Å². The standard InChI is InChI=1S/C61H77FN2O8Si/c1-45(2)57-56(55(47-19-11-8-12-20-47)58(48-27-29-49(62)30-28-48)64(57)35-33-51-44-52(34-36-65)72-61(6,7)71-51)59(66)63-50-31-25-46(26-32-50)18-17-37-67-38-39-68-40-41-69-42-43-70-73(60(3,4)5,53-21-13-9-14-22-53)54-23-15-10-16-24-54/h8-16,19-32,45,51-52,65H,17-18,33-44H2,1-7H3,(H,63,66)/t51-,52+/m1/s1. The van der Waals surface area contributed by atoms with Gasteiger partial charge in [0.2, 0.25) is 0 Å². The zero-order valence-electron chi connectivity index (χ0n) is 44.0. The first-order chi connectivity index (χ1) is 35.2. The molecule has 5 aromatic carbocycles. The third kappa shape index (κ3) is 14.5. The van der Waals surface area contributed by atoms with Gasteiger partial charge in [-0.2, -0.15) is 0 Å². The van der Waals surface area contributed by atoms with Crippen LogP contribution in [0.3, 0.4) is 0 Å². The number of aryl methyl sites for hydroxylation is 1. The number of carbonyl (C=O) groups is 1. The molecule has 0 aliphatic carbocycles. The third-order valence-corrected chi connectivity index (χ3v) is 18.5. The number of nitrogens with one attached hydrogen (secondary N) is 1. The highest BCUT2D eigenvalue weighted by molar-refractivity contribution is 6.99. The molecule has 390 valence electrons. The lowest BCUT2D eigenvalue weighted by molar-refractivity contribution is -0.302. The molecule has 0 unspecified atom stereocenters. The highest BCUT2D eigenvalue weighted by Crippen LogP contribution is 2.43. The minimum atomic E-state index is -2.59. The molecule has 1 aliphatic rings. The number of ether oxygens (including phenoxy) is 5. The summed E-state index contributed by atoms with van der Waals surface area (Å²) in [4.78, 5) is 14.8. The van der Waals surface area contributed by atoms with Crippen LogP contribution in [-0.4, -0.2) is 94.7 Å². The number of aromatic nitrogens is 1. The van der Waals surface area contributed by atoms with E-state index in [0.29, 0.717) is 83.3 Å². The fraction of sp³-hybridized carbons (Fsp3) is 0.426. The summed E-state index contributed by atoms with van der Waals surface area (Å²) in [5.74, 6) is -1.40. The van der Waals surface area contributed by atoms with Crippen molar-refractivity contribution in [1.29, 1.82) is 0 Å². The number of carbonyl (C=O) groups excluding carboxylic acids is 1. The van der Waals surface area contributed by atoms with Crippen LogP contribution in [0, 0.1) is 5.82 Å². The number of aliphatic hydroxyl groups is 1. The molecule has 0 bridgehead atoms. The zero-order chi connectivity index (χ0) is 51.9. The fourth-order valence-corrected chi connectivity index (χ4v) is 14.9. The molecule has 10 nitrogen and oxygen atoms in total. The minimum Gasteiger partial charge on any atom is -0.405 e. The first-order valence-electron chi connectivity index (χ1n) is 26.1. The Morgan fingerprint density at radius 1 is 0.726 bits per heavy atom. The number of anilines is 1. The van der Waals surface area contributed by atoms with Crippen LogP contribution >= 0.6 is 0 Å². The molecule has 73 heavy (non-hydrogen) atoms. The van der Waals surface area contributed by atoms with Crippen LogP contribution in [-0.2, 0) is 41.1 Å². The van der Waals surface area contributed by atoms with E-state index in [0.717, 1.165) is 46.5 Å². The Morgan fingerprint density at radius 3 is 1.81 bits per heavy atom. The number of rotatable bonds is 26. The van der Waals surface area contributed by atoms with Crippen LogP contribution in [0.25, 0.3) is 22.4 Å². The lowest BCUT2D eigenvalue weighted by atomic mass is 9.94. The zero-order valence-corrected chi connectivity index (χ0v) is 45.0. The van der Waals surface area contributed by atoms with Gasteiger partial charge in [-0.3, -0.25) is 4.79 Å². The Hall–Kier alpha value is -5.28. The van der Waals surface area contributed by atoms with Crippen molar-refractivity contribution < 1.29 is 42.4 Å². The van der Waals surface area contributed by atoms with Crippen molar-refractivity contribution in [2.45, 2.75) is 116 Å². The highest BCUT2D eigenvalue weighted by atomic mass is 28.4. The van der Waals surface area contributed by atoms with Crippen molar-refractivity contribution in [3.8, 4) is 22.4 Å². The van der Waals surface area contributed by atoms with E-state index in [9.17, 15) is 14.3 Å². The van der Waals surface area contributed by atoms with E-state index in [-0.39, 0.29) is 41.5 Å². The quantitative estimate of drug-likeness (QED) is 0.0408. The van der Waals surface area contributed by atoms with E-state index in [1.807, 2.05) is 56.3 Å². The molecule has 7 rings (SSSR count). The summed E-state index contributed by atoms with van der Waals surface area (Å²) in [7, 11) is -2.59. The number of nitrogens with zero attached hydrogens (tertiary/aromatic N) is 1. The second kappa shape index (κ2) is 26.3. The molecule has 0 spiro atoms. The molecule has 2 N–H and O–H groups in total. The molecule has 1 saturated heterocycles. The number of aliphatic hydroxyl groups excluding tert-OH is 1. The van der Waals surface area contributed by atoms with Gasteiger partial charge in [0.15, 0.2) is 5.79 Å². The van der Waals surface area contributed by atoms with Crippen molar-refractivity contribution in [2.24, 2.45) is 0 Å². The largest absolute Gasteiger partial charge is 0.405 e. The topological polar surface area (TPSA) is 110 Å². The summed E-state index contributed by atoms with van der Waals surface area (Å²) < 4.78 is 53.8. The number of halogens is 1. The number of amides is 1. The maximum absolute atomic E-state index is 14.8. The molecule has 1 fully saturated rings. The van der Waals surface area contributed by atoms with Gasteiger partial charge in [-0.25, -0.2) is 4.39 Å².